The maximum Gasteiger partial charge on any atom is 0.227 e. The topological polar surface area (TPSA) is 37.8 Å². The van der Waals surface area contributed by atoms with Crippen molar-refractivity contribution >= 4 is 39.2 Å². The van der Waals surface area contributed by atoms with Gasteiger partial charge in [-0.1, -0.05) is 11.6 Å². The van der Waals surface area contributed by atoms with Gasteiger partial charge < -0.3 is 5.32 Å². The van der Waals surface area contributed by atoms with Crippen LogP contribution in [0.1, 0.15) is 0 Å². The van der Waals surface area contributed by atoms with Crippen LogP contribution in [0.4, 0.5) is 16.0 Å². The molecule has 0 aliphatic carbocycles. The van der Waals surface area contributed by atoms with Crippen molar-refractivity contribution in [1.82, 2.24) is 9.97 Å². The van der Waals surface area contributed by atoms with Crippen molar-refractivity contribution in [1.29, 1.82) is 0 Å². The second kappa shape index (κ2) is 4.76. The van der Waals surface area contributed by atoms with E-state index >= 15 is 0 Å². The minimum Gasteiger partial charge on any atom is -0.322 e. The van der Waals surface area contributed by atoms with E-state index in [-0.39, 0.29) is 5.69 Å². The predicted octanol–water partition coefficient (Wildman–Crippen LogP) is 3.78. The molecule has 0 radical (unpaired) electrons. The molecular weight excluding hydrogens is 296 g/mol. The smallest absolute Gasteiger partial charge is 0.227 e. The number of rotatable bonds is 2. The number of benzene rings is 1. The lowest BCUT2D eigenvalue weighted by Crippen LogP contribution is -1.98. The fourth-order valence-electron chi connectivity index (χ4n) is 1.09. The van der Waals surface area contributed by atoms with Crippen LogP contribution < -0.4 is 5.32 Å². The number of aromatic nitrogens is 2. The Morgan fingerprint density at radius 2 is 1.94 bits per heavy atom. The van der Waals surface area contributed by atoms with E-state index in [0.29, 0.717) is 11.0 Å². The molecule has 0 fully saturated rings. The second-order valence-electron chi connectivity index (χ2n) is 2.97. The van der Waals surface area contributed by atoms with Crippen molar-refractivity contribution in [2.75, 3.05) is 5.32 Å². The van der Waals surface area contributed by atoms with Gasteiger partial charge in [-0.25, -0.2) is 14.4 Å². The summed E-state index contributed by atoms with van der Waals surface area (Å²) in [5, 5.41) is 3.10. The lowest BCUT2D eigenvalue weighted by atomic mass is 10.3. The monoisotopic (exact) mass is 301 g/mol. The zero-order valence-corrected chi connectivity index (χ0v) is 10.3. The zero-order valence-electron chi connectivity index (χ0n) is 7.92. The van der Waals surface area contributed by atoms with Crippen LogP contribution in [0.25, 0.3) is 0 Å². The molecule has 82 valence electrons. The number of anilines is 2. The van der Waals surface area contributed by atoms with Crippen LogP contribution in [0, 0.1) is 5.82 Å². The Morgan fingerprint density at radius 1 is 1.25 bits per heavy atom. The molecule has 0 aliphatic heterocycles. The third-order valence-electron chi connectivity index (χ3n) is 1.80. The van der Waals surface area contributed by atoms with E-state index in [0.717, 1.165) is 4.47 Å². The van der Waals surface area contributed by atoms with E-state index in [1.807, 2.05) is 0 Å². The van der Waals surface area contributed by atoms with Crippen LogP contribution in [0.5, 0.6) is 0 Å². The van der Waals surface area contributed by atoms with Gasteiger partial charge in [0.15, 0.2) is 0 Å². The molecule has 0 saturated heterocycles. The number of hydrogen-bond acceptors (Lipinski definition) is 3. The summed E-state index contributed by atoms with van der Waals surface area (Å²) >= 11 is 8.85. The third-order valence-corrected chi connectivity index (χ3v) is 2.44. The summed E-state index contributed by atoms with van der Waals surface area (Å²) in [6, 6.07) is 4.34. The maximum atomic E-state index is 13.4. The summed E-state index contributed by atoms with van der Waals surface area (Å²) in [7, 11) is 0. The molecule has 0 amide bonds. The number of nitrogens with one attached hydrogen (secondary N) is 1. The van der Waals surface area contributed by atoms with E-state index in [1.54, 1.807) is 18.5 Å². The molecule has 2 rings (SSSR count). The van der Waals surface area contributed by atoms with E-state index in [1.165, 1.54) is 12.1 Å². The van der Waals surface area contributed by atoms with Crippen molar-refractivity contribution in [3.05, 3.63) is 45.9 Å². The van der Waals surface area contributed by atoms with Gasteiger partial charge in [0, 0.05) is 17.4 Å². The van der Waals surface area contributed by atoms with Crippen molar-refractivity contribution < 1.29 is 4.39 Å². The molecule has 1 aromatic heterocycles. The summed E-state index contributed by atoms with van der Waals surface area (Å²) in [6.45, 7) is 0. The van der Waals surface area contributed by atoms with Crippen LogP contribution in [0.3, 0.4) is 0 Å². The molecule has 1 heterocycles. The van der Waals surface area contributed by atoms with Gasteiger partial charge in [-0.2, -0.15) is 0 Å². The van der Waals surface area contributed by atoms with Crippen molar-refractivity contribution in [2.24, 2.45) is 0 Å². The molecule has 6 heteroatoms. The molecule has 3 nitrogen and oxygen atoms in total. The molecular formula is C10H6BrClFN3. The Bertz CT molecular complexity index is 504. The summed E-state index contributed by atoms with van der Waals surface area (Å²) in [5.41, 5.74) is 0.284. The van der Waals surface area contributed by atoms with E-state index in [2.05, 4.69) is 31.2 Å². The summed E-state index contributed by atoms with van der Waals surface area (Å²) < 4.78 is 14.2. The first-order valence-electron chi connectivity index (χ1n) is 4.35. The van der Waals surface area contributed by atoms with Gasteiger partial charge >= 0.3 is 0 Å². The summed E-state index contributed by atoms with van der Waals surface area (Å²) in [5.74, 6) is -0.122. The molecule has 1 aromatic carbocycles. The molecule has 0 unspecified atom stereocenters. The van der Waals surface area contributed by atoms with Crippen LogP contribution in [-0.2, 0) is 0 Å². The van der Waals surface area contributed by atoms with E-state index in [9.17, 15) is 4.39 Å². The van der Waals surface area contributed by atoms with Crippen LogP contribution in [-0.4, -0.2) is 9.97 Å². The fraction of sp³-hybridized carbons (Fsp3) is 0. The molecule has 1 N–H and O–H groups in total. The van der Waals surface area contributed by atoms with Crippen molar-refractivity contribution in [3.8, 4) is 0 Å². The molecule has 16 heavy (non-hydrogen) atoms. The fourth-order valence-corrected chi connectivity index (χ4v) is 1.45. The van der Waals surface area contributed by atoms with Crippen molar-refractivity contribution in [3.63, 3.8) is 0 Å². The highest BCUT2D eigenvalue weighted by Gasteiger charge is 2.04. The Kier molecular flexibility index (Phi) is 3.36. The van der Waals surface area contributed by atoms with Crippen LogP contribution in [0.2, 0.25) is 5.02 Å². The largest absolute Gasteiger partial charge is 0.322 e. The average molecular weight is 303 g/mol. The highest BCUT2D eigenvalue weighted by molar-refractivity contribution is 9.10. The molecule has 0 aliphatic rings. The molecule has 0 spiro atoms. The van der Waals surface area contributed by atoms with Crippen molar-refractivity contribution in [2.45, 2.75) is 0 Å². The second-order valence-corrected chi connectivity index (χ2v) is 4.33. The first kappa shape index (κ1) is 11.3. The molecule has 0 saturated carbocycles. The average Bonchev–Trinajstić information content (AvgIpc) is 2.25. The van der Waals surface area contributed by atoms with Crippen LogP contribution in [0.15, 0.2) is 35.1 Å². The number of hydrogen-bond donors (Lipinski definition) is 1. The lowest BCUT2D eigenvalue weighted by molar-refractivity contribution is 0.631. The first-order chi connectivity index (χ1) is 7.65. The number of halogens is 3. The van der Waals surface area contributed by atoms with Gasteiger partial charge in [0.2, 0.25) is 5.95 Å². The third kappa shape index (κ3) is 2.68. The minimum absolute atomic E-state index is 0.284. The normalized spacial score (nSPS) is 10.2. The van der Waals surface area contributed by atoms with Gasteiger partial charge in [-0.05, 0) is 34.1 Å². The van der Waals surface area contributed by atoms with E-state index in [4.69, 9.17) is 11.6 Å². The number of nitrogens with zero attached hydrogens (tertiary/aromatic N) is 2. The maximum absolute atomic E-state index is 13.4. The lowest BCUT2D eigenvalue weighted by Gasteiger charge is -2.05. The Morgan fingerprint density at radius 3 is 2.56 bits per heavy atom. The van der Waals surface area contributed by atoms with Gasteiger partial charge in [0.1, 0.15) is 5.82 Å². The Balaban J connectivity index is 2.23. The molecule has 2 aromatic rings. The minimum atomic E-state index is -0.445. The predicted molar refractivity (Wildman–Crippen MR) is 64.4 cm³/mol. The Labute approximate surface area is 105 Å². The molecule has 0 bridgehead atoms. The highest BCUT2D eigenvalue weighted by Crippen LogP contribution is 2.21. The first-order valence-corrected chi connectivity index (χ1v) is 5.52. The van der Waals surface area contributed by atoms with E-state index < -0.39 is 5.82 Å². The van der Waals surface area contributed by atoms with Crippen LogP contribution >= 0.6 is 27.5 Å². The highest BCUT2D eigenvalue weighted by atomic mass is 79.9. The standard InChI is InChI=1S/C10H6BrClFN3/c11-6-4-14-10(15-5-6)16-9-2-1-7(12)3-8(9)13/h1-5H,(H,14,15,16). The quantitative estimate of drug-likeness (QED) is 0.917. The SMILES string of the molecule is Fc1cc(Cl)ccc1Nc1ncc(Br)cn1. The van der Waals surface area contributed by atoms with Gasteiger partial charge in [-0.3, -0.25) is 0 Å². The van der Waals surface area contributed by atoms with Gasteiger partial charge in [0.25, 0.3) is 0 Å². The van der Waals surface area contributed by atoms with Gasteiger partial charge in [-0.15, -0.1) is 0 Å². The molecule has 0 atom stereocenters. The zero-order chi connectivity index (χ0) is 11.5. The summed E-state index contributed by atoms with van der Waals surface area (Å²) in [4.78, 5) is 7.94. The summed E-state index contributed by atoms with van der Waals surface area (Å²) in [6.07, 6.45) is 3.15. The van der Waals surface area contributed by atoms with Gasteiger partial charge in [0.05, 0.1) is 10.2 Å². The Hall–Kier alpha value is -1.20.